The molecule has 2 fully saturated rings. The van der Waals surface area contributed by atoms with Gasteiger partial charge in [-0.2, -0.15) is 0 Å². The van der Waals surface area contributed by atoms with Gasteiger partial charge in [0.25, 0.3) is 0 Å². The summed E-state index contributed by atoms with van der Waals surface area (Å²) in [6, 6.07) is 15.9. The second-order valence-electron chi connectivity index (χ2n) is 8.87. The third-order valence-corrected chi connectivity index (χ3v) is 6.93. The molecule has 0 radical (unpaired) electrons. The lowest BCUT2D eigenvalue weighted by molar-refractivity contribution is -0.141. The summed E-state index contributed by atoms with van der Waals surface area (Å²) in [7, 11) is 0. The van der Waals surface area contributed by atoms with Crippen molar-refractivity contribution < 1.29 is 19.5 Å². The standard InChI is InChI=1S/C24H27N3O4/c28-22(26-30)20-13-24(15-25-24)10-8-19(20)23(29)27-11-9-17-12-18(6-7-21(17)27)31-14-16-4-2-1-3-5-16/h1-7,12,19-20,25,30H,8-11,13-15H2,(H,26,28). The van der Waals surface area contributed by atoms with Crippen molar-refractivity contribution in [3.05, 3.63) is 59.7 Å². The van der Waals surface area contributed by atoms with E-state index in [-0.39, 0.29) is 11.4 Å². The summed E-state index contributed by atoms with van der Waals surface area (Å²) < 4.78 is 5.93. The Labute approximate surface area is 181 Å². The summed E-state index contributed by atoms with van der Waals surface area (Å²) in [6.07, 6.45) is 2.88. The summed E-state index contributed by atoms with van der Waals surface area (Å²) in [5.41, 5.74) is 4.83. The van der Waals surface area contributed by atoms with Crippen molar-refractivity contribution in [2.45, 2.75) is 37.8 Å². The van der Waals surface area contributed by atoms with Crippen molar-refractivity contribution in [2.24, 2.45) is 11.8 Å². The maximum absolute atomic E-state index is 13.4. The zero-order chi connectivity index (χ0) is 21.4. The van der Waals surface area contributed by atoms with Crippen molar-refractivity contribution in [3.63, 3.8) is 0 Å². The van der Waals surface area contributed by atoms with Gasteiger partial charge in [0.1, 0.15) is 12.4 Å². The van der Waals surface area contributed by atoms with E-state index in [0.717, 1.165) is 42.0 Å². The van der Waals surface area contributed by atoms with Gasteiger partial charge in [-0.05, 0) is 55.0 Å². The van der Waals surface area contributed by atoms with Crippen LogP contribution in [0.25, 0.3) is 0 Å². The number of benzene rings is 2. The molecule has 3 aliphatic rings. The molecule has 2 aromatic carbocycles. The molecule has 7 heteroatoms. The first-order valence-corrected chi connectivity index (χ1v) is 10.9. The highest BCUT2D eigenvalue weighted by Crippen LogP contribution is 2.44. The average Bonchev–Trinajstić information content (AvgIpc) is 3.42. The normalized spacial score (nSPS) is 26.4. The van der Waals surface area contributed by atoms with Gasteiger partial charge >= 0.3 is 0 Å². The van der Waals surface area contributed by atoms with Crippen LogP contribution in [0.4, 0.5) is 5.69 Å². The molecule has 7 nitrogen and oxygen atoms in total. The van der Waals surface area contributed by atoms with Crippen molar-refractivity contribution in [1.29, 1.82) is 0 Å². The molecule has 162 valence electrons. The van der Waals surface area contributed by atoms with Crippen molar-refractivity contribution in [2.75, 3.05) is 18.0 Å². The Kier molecular flexibility index (Phi) is 5.16. The molecule has 2 amide bonds. The lowest BCUT2D eigenvalue weighted by Crippen LogP contribution is -2.48. The number of ether oxygens (including phenoxy) is 1. The molecule has 3 atom stereocenters. The van der Waals surface area contributed by atoms with Crippen molar-refractivity contribution in [3.8, 4) is 5.75 Å². The quantitative estimate of drug-likeness (QED) is 0.391. The molecule has 2 heterocycles. The van der Waals surface area contributed by atoms with Gasteiger partial charge in [-0.1, -0.05) is 30.3 Å². The van der Waals surface area contributed by atoms with E-state index in [2.05, 4.69) is 5.32 Å². The van der Waals surface area contributed by atoms with Crippen LogP contribution in [0.2, 0.25) is 0 Å². The van der Waals surface area contributed by atoms with Gasteiger partial charge in [0.2, 0.25) is 11.8 Å². The molecule has 3 N–H and O–H groups in total. The number of carbonyl (C=O) groups is 2. The van der Waals surface area contributed by atoms with E-state index in [0.29, 0.717) is 26.0 Å². The number of amides is 2. The highest BCUT2D eigenvalue weighted by molar-refractivity contribution is 5.99. The Bertz CT molecular complexity index is 990. The predicted molar refractivity (Wildman–Crippen MR) is 115 cm³/mol. The van der Waals surface area contributed by atoms with Crippen LogP contribution in [0.15, 0.2) is 48.5 Å². The predicted octanol–water partition coefficient (Wildman–Crippen LogP) is 2.42. The molecular weight excluding hydrogens is 394 g/mol. The Hall–Kier alpha value is -2.90. The molecule has 0 aromatic heterocycles. The zero-order valence-corrected chi connectivity index (χ0v) is 17.3. The van der Waals surface area contributed by atoms with Crippen LogP contribution in [-0.2, 0) is 22.6 Å². The minimum atomic E-state index is -0.515. The maximum atomic E-state index is 13.4. The number of fused-ring (bicyclic) bond motifs is 1. The number of rotatable bonds is 5. The Morgan fingerprint density at radius 3 is 2.74 bits per heavy atom. The Morgan fingerprint density at radius 1 is 1.19 bits per heavy atom. The van der Waals surface area contributed by atoms with Gasteiger partial charge in [0.15, 0.2) is 0 Å². The van der Waals surface area contributed by atoms with Gasteiger partial charge in [-0.15, -0.1) is 0 Å². The lowest BCUT2D eigenvalue weighted by Gasteiger charge is -2.35. The summed E-state index contributed by atoms with van der Waals surface area (Å²) in [5.74, 6) is -0.635. The smallest absolute Gasteiger partial charge is 0.247 e. The van der Waals surface area contributed by atoms with Gasteiger partial charge in [-0.3, -0.25) is 14.8 Å². The number of carbonyl (C=O) groups excluding carboxylic acids is 2. The number of hydrogen-bond acceptors (Lipinski definition) is 5. The maximum Gasteiger partial charge on any atom is 0.247 e. The monoisotopic (exact) mass is 421 g/mol. The Balaban J connectivity index is 1.30. The van der Waals surface area contributed by atoms with E-state index < -0.39 is 17.7 Å². The van der Waals surface area contributed by atoms with Crippen LogP contribution in [-0.4, -0.2) is 35.7 Å². The third-order valence-electron chi connectivity index (χ3n) is 6.93. The van der Waals surface area contributed by atoms with Gasteiger partial charge < -0.3 is 15.0 Å². The van der Waals surface area contributed by atoms with Crippen LogP contribution < -0.4 is 20.4 Å². The molecule has 1 saturated carbocycles. The van der Waals surface area contributed by atoms with Crippen LogP contribution in [0.3, 0.4) is 0 Å². The molecule has 31 heavy (non-hydrogen) atoms. The number of nitrogens with one attached hydrogen (secondary N) is 2. The fourth-order valence-electron chi connectivity index (χ4n) is 5.04. The van der Waals surface area contributed by atoms with E-state index in [1.54, 1.807) is 10.4 Å². The molecule has 1 saturated heterocycles. The molecule has 1 spiro atoms. The molecule has 2 aliphatic heterocycles. The number of nitrogens with zero attached hydrogens (tertiary/aromatic N) is 1. The molecule has 0 bridgehead atoms. The Morgan fingerprint density at radius 2 is 2.00 bits per heavy atom. The minimum Gasteiger partial charge on any atom is -0.489 e. The molecule has 5 rings (SSSR count). The summed E-state index contributed by atoms with van der Waals surface area (Å²) in [6.45, 7) is 1.98. The number of hydroxylamine groups is 1. The van der Waals surface area contributed by atoms with Gasteiger partial charge in [0.05, 0.1) is 11.8 Å². The van der Waals surface area contributed by atoms with Crippen LogP contribution in [0.5, 0.6) is 5.75 Å². The van der Waals surface area contributed by atoms with Crippen molar-refractivity contribution >= 4 is 17.5 Å². The fourth-order valence-corrected chi connectivity index (χ4v) is 5.04. The third kappa shape index (κ3) is 3.91. The van der Waals surface area contributed by atoms with Crippen LogP contribution in [0, 0.1) is 11.8 Å². The van der Waals surface area contributed by atoms with E-state index in [9.17, 15) is 14.8 Å². The number of hydrogen-bond donors (Lipinski definition) is 3. The highest BCUT2D eigenvalue weighted by atomic mass is 16.5. The van der Waals surface area contributed by atoms with Gasteiger partial charge in [0, 0.05) is 24.3 Å². The minimum absolute atomic E-state index is 0.0259. The average molecular weight is 421 g/mol. The fraction of sp³-hybridized carbons (Fsp3) is 0.417. The topological polar surface area (TPSA) is 101 Å². The zero-order valence-electron chi connectivity index (χ0n) is 17.3. The first kappa shape index (κ1) is 20.0. The van der Waals surface area contributed by atoms with E-state index in [4.69, 9.17) is 4.74 Å². The summed E-state index contributed by atoms with van der Waals surface area (Å²) >= 11 is 0. The largest absolute Gasteiger partial charge is 0.489 e. The second-order valence-corrected chi connectivity index (χ2v) is 8.87. The van der Waals surface area contributed by atoms with E-state index in [1.807, 2.05) is 48.5 Å². The van der Waals surface area contributed by atoms with E-state index in [1.165, 1.54) is 0 Å². The first-order chi connectivity index (χ1) is 15.1. The highest BCUT2D eigenvalue weighted by Gasteiger charge is 2.53. The molecule has 3 unspecified atom stereocenters. The first-order valence-electron chi connectivity index (χ1n) is 10.9. The lowest BCUT2D eigenvalue weighted by atomic mass is 9.72. The SMILES string of the molecule is O=C(NO)C1CC2(CCC1C(=O)N1CCc3cc(OCc4ccccc4)ccc31)CN2. The van der Waals surface area contributed by atoms with Crippen LogP contribution in [0.1, 0.15) is 30.4 Å². The van der Waals surface area contributed by atoms with E-state index >= 15 is 0 Å². The van der Waals surface area contributed by atoms with Crippen LogP contribution >= 0.6 is 0 Å². The number of anilines is 1. The molecule has 2 aromatic rings. The summed E-state index contributed by atoms with van der Waals surface area (Å²) in [5, 5.41) is 12.5. The molecular formula is C24H27N3O4. The second kappa shape index (κ2) is 7.98. The molecule has 1 aliphatic carbocycles. The van der Waals surface area contributed by atoms with Crippen molar-refractivity contribution in [1.82, 2.24) is 10.8 Å². The summed E-state index contributed by atoms with van der Waals surface area (Å²) in [4.78, 5) is 27.6. The van der Waals surface area contributed by atoms with Gasteiger partial charge in [-0.25, -0.2) is 5.48 Å².